The van der Waals surface area contributed by atoms with Crippen LogP contribution < -0.4 is 4.72 Å². The number of carboxylic acids is 1. The molecule has 0 atom stereocenters. The average Bonchev–Trinajstić information content (AvgIpc) is 2.63. The summed E-state index contributed by atoms with van der Waals surface area (Å²) >= 11 is 0.0300. The number of thiophene rings is 1. The van der Waals surface area contributed by atoms with E-state index in [0.29, 0.717) is 6.07 Å². The molecule has 0 spiro atoms. The molecule has 0 aliphatic rings. The minimum absolute atomic E-state index is 0.0300. The summed E-state index contributed by atoms with van der Waals surface area (Å²) in [6.45, 7) is -0.887. The summed E-state index contributed by atoms with van der Waals surface area (Å²) in [5.41, 5.74) is 0. The quantitative estimate of drug-likeness (QED) is 0.870. The number of nitrogens with one attached hydrogen (secondary N) is 1. The van der Waals surface area contributed by atoms with Gasteiger partial charge < -0.3 is 5.11 Å². The lowest BCUT2D eigenvalue weighted by molar-refractivity contribution is -0.136. The minimum Gasteiger partial charge on any atom is -0.480 e. The largest absolute Gasteiger partial charge is 0.480 e. The van der Waals surface area contributed by atoms with E-state index in [4.69, 9.17) is 5.11 Å². The van der Waals surface area contributed by atoms with E-state index < -0.39 is 37.8 Å². The van der Waals surface area contributed by atoms with E-state index in [1.807, 2.05) is 0 Å². The van der Waals surface area contributed by atoms with Crippen molar-refractivity contribution in [1.29, 1.82) is 0 Å². The summed E-state index contributed by atoms with van der Waals surface area (Å²) < 4.78 is 60.4. The van der Waals surface area contributed by atoms with Crippen LogP contribution in [0.4, 0.5) is 13.2 Å². The number of hydrogen-bond acceptors (Lipinski definition) is 4. The number of carboxylic acid groups (broad SMARTS) is 1. The van der Waals surface area contributed by atoms with Gasteiger partial charge in [-0.2, -0.15) is 17.9 Å². The summed E-state index contributed by atoms with van der Waals surface area (Å²) in [5.74, 6) is -1.43. The first-order valence-corrected chi connectivity index (χ1v) is 6.31. The normalized spacial score (nSPS) is 12.6. The van der Waals surface area contributed by atoms with Crippen molar-refractivity contribution in [2.75, 3.05) is 6.54 Å². The number of hydrogen-bond donors (Lipinski definition) is 2. The molecule has 0 saturated heterocycles. The molecule has 1 heterocycles. The highest BCUT2D eigenvalue weighted by atomic mass is 32.2. The fraction of sp³-hybridized carbons (Fsp3) is 0.286. The molecule has 0 amide bonds. The number of halogens is 3. The van der Waals surface area contributed by atoms with Crippen LogP contribution in [0.2, 0.25) is 0 Å². The third-order valence-corrected chi connectivity index (χ3v) is 4.56. The van der Waals surface area contributed by atoms with Gasteiger partial charge in [-0.3, -0.25) is 4.79 Å². The fourth-order valence-electron chi connectivity index (χ4n) is 0.845. The Morgan fingerprint density at radius 1 is 1.41 bits per heavy atom. The zero-order valence-corrected chi connectivity index (χ0v) is 9.62. The smallest absolute Gasteiger partial charge is 0.425 e. The van der Waals surface area contributed by atoms with Crippen LogP contribution in [0.5, 0.6) is 0 Å². The summed E-state index contributed by atoms with van der Waals surface area (Å²) in [6, 6.07) is 1.40. The van der Waals surface area contributed by atoms with E-state index in [2.05, 4.69) is 0 Å². The minimum atomic E-state index is -4.62. The molecule has 0 fully saturated rings. The van der Waals surface area contributed by atoms with Gasteiger partial charge in [0.15, 0.2) is 0 Å². The molecular formula is C7H6F3NO4S2. The summed E-state index contributed by atoms with van der Waals surface area (Å²) in [5, 5.41) is 8.25. The van der Waals surface area contributed by atoms with Gasteiger partial charge in [-0.25, -0.2) is 8.42 Å². The molecule has 96 valence electrons. The Kier molecular flexibility index (Phi) is 3.79. The Labute approximate surface area is 97.9 Å². The van der Waals surface area contributed by atoms with Crippen molar-refractivity contribution in [1.82, 2.24) is 4.72 Å². The molecule has 0 saturated carbocycles. The van der Waals surface area contributed by atoms with Gasteiger partial charge in [-0.05, 0) is 12.1 Å². The highest BCUT2D eigenvalue weighted by molar-refractivity contribution is 7.91. The molecule has 0 radical (unpaired) electrons. The van der Waals surface area contributed by atoms with Crippen LogP contribution in [-0.4, -0.2) is 26.0 Å². The molecule has 0 aliphatic carbocycles. The molecule has 0 bridgehead atoms. The Morgan fingerprint density at radius 2 is 2.00 bits per heavy atom. The van der Waals surface area contributed by atoms with Crippen molar-refractivity contribution in [3.63, 3.8) is 0 Å². The molecule has 0 unspecified atom stereocenters. The number of aliphatic carboxylic acids is 1. The van der Waals surface area contributed by atoms with E-state index >= 15 is 0 Å². The molecule has 10 heteroatoms. The third kappa shape index (κ3) is 3.68. The van der Waals surface area contributed by atoms with Crippen molar-refractivity contribution in [2.24, 2.45) is 0 Å². The molecule has 1 aromatic rings. The van der Waals surface area contributed by atoms with Gasteiger partial charge in [0, 0.05) is 0 Å². The van der Waals surface area contributed by atoms with Crippen LogP contribution in [0.3, 0.4) is 0 Å². The van der Waals surface area contributed by atoms with Gasteiger partial charge in [0.25, 0.3) is 10.0 Å². The summed E-state index contributed by atoms with van der Waals surface area (Å²) in [4.78, 5) is 9.08. The van der Waals surface area contributed by atoms with Crippen molar-refractivity contribution in [3.8, 4) is 0 Å². The summed E-state index contributed by atoms with van der Waals surface area (Å²) in [6.07, 6.45) is -4.62. The molecule has 1 rings (SSSR count). The summed E-state index contributed by atoms with van der Waals surface area (Å²) in [7, 11) is -4.21. The van der Waals surface area contributed by atoms with Crippen LogP contribution in [0.1, 0.15) is 4.88 Å². The maximum atomic E-state index is 12.2. The van der Waals surface area contributed by atoms with Crippen molar-refractivity contribution in [2.45, 2.75) is 10.4 Å². The van der Waals surface area contributed by atoms with Crippen LogP contribution in [0.25, 0.3) is 0 Å². The second kappa shape index (κ2) is 4.63. The molecular weight excluding hydrogens is 283 g/mol. The Balaban J connectivity index is 2.93. The molecule has 5 nitrogen and oxygen atoms in total. The second-order valence-electron chi connectivity index (χ2n) is 2.83. The lowest BCUT2D eigenvalue weighted by atomic mass is 10.5. The monoisotopic (exact) mass is 289 g/mol. The van der Waals surface area contributed by atoms with Gasteiger partial charge in [0.05, 0.1) is 0 Å². The third-order valence-electron chi connectivity index (χ3n) is 1.54. The number of alkyl halides is 3. The molecule has 1 aromatic heterocycles. The highest BCUT2D eigenvalue weighted by Crippen LogP contribution is 2.35. The van der Waals surface area contributed by atoms with Crippen molar-refractivity contribution >= 4 is 27.3 Å². The Morgan fingerprint density at radius 3 is 2.41 bits per heavy atom. The lowest BCUT2D eigenvalue weighted by Gasteiger charge is -2.02. The van der Waals surface area contributed by atoms with E-state index in [1.54, 1.807) is 4.72 Å². The van der Waals surface area contributed by atoms with Crippen LogP contribution in [0.15, 0.2) is 16.3 Å². The standard InChI is InChI=1S/C7H6F3NO4S2/c8-7(9,10)4-1-2-6(16-4)17(14,15)11-3-5(12)13/h1-2,11H,3H2,(H,12,13). The predicted molar refractivity (Wildman–Crippen MR) is 52.1 cm³/mol. The number of carbonyl (C=O) groups is 1. The first-order valence-electron chi connectivity index (χ1n) is 4.01. The Hall–Kier alpha value is -1.13. The lowest BCUT2D eigenvalue weighted by Crippen LogP contribution is -2.28. The SMILES string of the molecule is O=C(O)CNS(=O)(=O)c1ccc(C(F)(F)F)s1. The van der Waals surface area contributed by atoms with Gasteiger partial charge >= 0.3 is 12.1 Å². The van der Waals surface area contributed by atoms with E-state index in [0.717, 1.165) is 6.07 Å². The molecule has 2 N–H and O–H groups in total. The number of sulfonamides is 1. The topological polar surface area (TPSA) is 83.5 Å². The van der Waals surface area contributed by atoms with Gasteiger partial charge in [-0.15, -0.1) is 11.3 Å². The average molecular weight is 289 g/mol. The zero-order valence-electron chi connectivity index (χ0n) is 7.98. The van der Waals surface area contributed by atoms with Crippen molar-refractivity contribution < 1.29 is 31.5 Å². The first-order chi connectivity index (χ1) is 7.63. The van der Waals surface area contributed by atoms with Gasteiger partial charge in [-0.1, -0.05) is 0 Å². The van der Waals surface area contributed by atoms with Crippen LogP contribution in [-0.2, 0) is 21.0 Å². The molecule has 0 aromatic carbocycles. The van der Waals surface area contributed by atoms with Gasteiger partial charge in [0.2, 0.25) is 0 Å². The number of rotatable bonds is 4. The fourth-order valence-corrected chi connectivity index (χ4v) is 3.04. The van der Waals surface area contributed by atoms with E-state index in [1.165, 1.54) is 0 Å². The second-order valence-corrected chi connectivity index (χ2v) is 5.91. The van der Waals surface area contributed by atoms with Crippen molar-refractivity contribution in [3.05, 3.63) is 17.0 Å². The maximum Gasteiger partial charge on any atom is 0.425 e. The maximum absolute atomic E-state index is 12.2. The molecule has 0 aliphatic heterocycles. The predicted octanol–water partition coefficient (Wildman–Crippen LogP) is 1.13. The Bertz CT molecular complexity index is 519. The van der Waals surface area contributed by atoms with Crippen LogP contribution >= 0.6 is 11.3 Å². The van der Waals surface area contributed by atoms with E-state index in [9.17, 15) is 26.4 Å². The van der Waals surface area contributed by atoms with Gasteiger partial charge in [0.1, 0.15) is 15.6 Å². The highest BCUT2D eigenvalue weighted by Gasteiger charge is 2.34. The molecule has 17 heavy (non-hydrogen) atoms. The van der Waals surface area contributed by atoms with Crippen LogP contribution in [0, 0.1) is 0 Å². The first kappa shape index (κ1) is 13.9. The zero-order chi connectivity index (χ0) is 13.3. The van der Waals surface area contributed by atoms with E-state index in [-0.39, 0.29) is 11.3 Å².